The first kappa shape index (κ1) is 25.9. The maximum absolute atomic E-state index is 13.0. The summed E-state index contributed by atoms with van der Waals surface area (Å²) >= 11 is 0. The van der Waals surface area contributed by atoms with Gasteiger partial charge in [-0.2, -0.15) is 0 Å². The normalized spacial score (nSPS) is 18.3. The van der Waals surface area contributed by atoms with Crippen LogP contribution in [0.1, 0.15) is 32.3 Å². The number of hydrogen-bond acceptors (Lipinski definition) is 7. The van der Waals surface area contributed by atoms with Crippen molar-refractivity contribution >= 4 is 25.0 Å². The molecular formula is C19H31N4O6P. The molecule has 168 valence electrons. The number of Topliss-reactive ketones (excluding diaryl/α,β-unsaturated/α-hetero) is 1. The lowest BCUT2D eigenvalue weighted by Crippen LogP contribution is -2.66. The van der Waals surface area contributed by atoms with E-state index in [1.165, 1.54) is 6.92 Å². The zero-order valence-electron chi connectivity index (χ0n) is 17.2. The second-order valence-electron chi connectivity index (χ2n) is 7.42. The lowest BCUT2D eigenvalue weighted by atomic mass is 9.83. The van der Waals surface area contributed by atoms with Crippen LogP contribution in [0.5, 0.6) is 0 Å². The van der Waals surface area contributed by atoms with Crippen molar-refractivity contribution in [2.75, 3.05) is 6.16 Å². The fraction of sp³-hybridized carbons (Fsp3) is 0.526. The van der Waals surface area contributed by atoms with Gasteiger partial charge in [0.05, 0.1) is 18.0 Å². The zero-order valence-corrected chi connectivity index (χ0v) is 18.0. The number of benzene rings is 1. The lowest BCUT2D eigenvalue weighted by Gasteiger charge is -2.31. The van der Waals surface area contributed by atoms with Gasteiger partial charge in [-0.1, -0.05) is 43.7 Å². The Bertz CT molecular complexity index is 803. The molecule has 1 aromatic carbocycles. The van der Waals surface area contributed by atoms with Crippen molar-refractivity contribution in [1.82, 2.24) is 5.32 Å². The number of carbonyl (C=O) groups is 3. The highest BCUT2D eigenvalue weighted by Gasteiger charge is 2.45. The Labute approximate surface area is 175 Å². The van der Waals surface area contributed by atoms with Crippen molar-refractivity contribution in [3.8, 4) is 0 Å². The van der Waals surface area contributed by atoms with E-state index < -0.39 is 54.6 Å². The molecule has 0 saturated carbocycles. The van der Waals surface area contributed by atoms with Gasteiger partial charge in [-0.05, 0) is 25.3 Å². The Morgan fingerprint density at radius 2 is 1.77 bits per heavy atom. The minimum Gasteiger partial charge on any atom is -0.480 e. The maximum atomic E-state index is 13.0. The van der Waals surface area contributed by atoms with Crippen LogP contribution in [0, 0.1) is 0 Å². The van der Waals surface area contributed by atoms with E-state index in [2.05, 4.69) is 5.32 Å². The van der Waals surface area contributed by atoms with E-state index in [0.29, 0.717) is 6.42 Å². The standard InChI is InChI=1S/C19H31N4O6P/c1-3-9-19(22,16(24)14(21)10-13-7-5-4-6-8-13)18(27)23-15(17(25)26)11-30(28,29)12(2)20/h4-8,12,14-15H,3,9-11,20-22H2,1-2H3,(H,23,27)(H,25,26)(H,28,29)/t12?,14-,15?,19+/m0/s1. The smallest absolute Gasteiger partial charge is 0.326 e. The molecule has 30 heavy (non-hydrogen) atoms. The Hall–Kier alpha value is -2.10. The van der Waals surface area contributed by atoms with Crippen LogP contribution in [0.3, 0.4) is 0 Å². The summed E-state index contributed by atoms with van der Waals surface area (Å²) in [7, 11) is -4.06. The molecule has 0 aliphatic heterocycles. The zero-order chi connectivity index (χ0) is 23.1. The quantitative estimate of drug-likeness (QED) is 0.187. The number of aliphatic carboxylic acids is 1. The van der Waals surface area contributed by atoms with Crippen LogP contribution < -0.4 is 22.5 Å². The second-order valence-corrected chi connectivity index (χ2v) is 10.1. The first-order valence-corrected chi connectivity index (χ1v) is 11.5. The first-order valence-electron chi connectivity index (χ1n) is 9.58. The van der Waals surface area contributed by atoms with Gasteiger partial charge in [0.15, 0.2) is 11.3 Å². The summed E-state index contributed by atoms with van der Waals surface area (Å²) in [6, 6.07) is 6.09. The van der Waals surface area contributed by atoms with E-state index in [1.54, 1.807) is 31.2 Å². The van der Waals surface area contributed by atoms with Crippen molar-refractivity contribution in [1.29, 1.82) is 0 Å². The lowest BCUT2D eigenvalue weighted by molar-refractivity contribution is -0.144. The van der Waals surface area contributed by atoms with Gasteiger partial charge in [-0.3, -0.25) is 14.2 Å². The number of nitrogens with one attached hydrogen (secondary N) is 1. The van der Waals surface area contributed by atoms with E-state index in [4.69, 9.17) is 17.2 Å². The van der Waals surface area contributed by atoms with E-state index in [-0.39, 0.29) is 12.8 Å². The number of nitrogens with two attached hydrogens (primary N) is 3. The average molecular weight is 442 g/mol. The van der Waals surface area contributed by atoms with Crippen LogP contribution in [-0.4, -0.2) is 57.2 Å². The molecule has 1 amide bonds. The van der Waals surface area contributed by atoms with Crippen molar-refractivity contribution in [3.63, 3.8) is 0 Å². The predicted molar refractivity (Wildman–Crippen MR) is 113 cm³/mol. The molecule has 0 fully saturated rings. The molecule has 0 radical (unpaired) electrons. The number of carbonyl (C=O) groups excluding carboxylic acids is 2. The van der Waals surface area contributed by atoms with Crippen molar-refractivity contribution in [3.05, 3.63) is 35.9 Å². The van der Waals surface area contributed by atoms with Gasteiger partial charge in [0.25, 0.3) is 0 Å². The third-order valence-corrected chi connectivity index (χ3v) is 6.97. The molecule has 10 nitrogen and oxygen atoms in total. The molecule has 0 aromatic heterocycles. The maximum Gasteiger partial charge on any atom is 0.326 e. The minimum absolute atomic E-state index is 0.0728. The summed E-state index contributed by atoms with van der Waals surface area (Å²) in [5.41, 5.74) is 16.3. The van der Waals surface area contributed by atoms with Gasteiger partial charge < -0.3 is 32.5 Å². The third kappa shape index (κ3) is 6.72. The molecular weight excluding hydrogens is 411 g/mol. The number of rotatable bonds is 12. The Morgan fingerprint density at radius 3 is 2.23 bits per heavy atom. The molecule has 0 aliphatic rings. The molecule has 11 heteroatoms. The average Bonchev–Trinajstić information content (AvgIpc) is 2.67. The first-order chi connectivity index (χ1) is 13.8. The monoisotopic (exact) mass is 442 g/mol. The highest BCUT2D eigenvalue weighted by atomic mass is 31.2. The van der Waals surface area contributed by atoms with E-state index in [1.807, 2.05) is 6.07 Å². The summed E-state index contributed by atoms with van der Waals surface area (Å²) in [6.07, 6.45) is -0.368. The SMILES string of the molecule is CCC[C@](N)(C(=O)NC(CP(=O)(O)C(C)N)C(=O)O)C(=O)[C@@H](N)Cc1ccccc1. The summed E-state index contributed by atoms with van der Waals surface area (Å²) in [5.74, 6) is -4.53. The van der Waals surface area contributed by atoms with Crippen molar-refractivity contribution in [2.45, 2.75) is 56.5 Å². The van der Waals surface area contributed by atoms with Crippen LogP contribution in [-0.2, 0) is 25.4 Å². The van der Waals surface area contributed by atoms with E-state index in [9.17, 15) is 28.9 Å². The molecule has 1 rings (SSSR count). The van der Waals surface area contributed by atoms with Crippen molar-refractivity contribution < 1.29 is 28.9 Å². The van der Waals surface area contributed by atoms with Gasteiger partial charge in [-0.15, -0.1) is 0 Å². The Balaban J connectivity index is 3.06. The number of carboxylic acids is 1. The van der Waals surface area contributed by atoms with E-state index in [0.717, 1.165) is 5.56 Å². The highest BCUT2D eigenvalue weighted by Crippen LogP contribution is 2.44. The van der Waals surface area contributed by atoms with Crippen LogP contribution in [0.15, 0.2) is 30.3 Å². The largest absolute Gasteiger partial charge is 0.480 e. The fourth-order valence-electron chi connectivity index (χ4n) is 2.93. The number of amides is 1. The molecule has 1 aromatic rings. The number of carboxylic acid groups (broad SMARTS) is 1. The van der Waals surface area contributed by atoms with Gasteiger partial charge in [0.1, 0.15) is 6.04 Å². The van der Waals surface area contributed by atoms with Gasteiger partial charge in [-0.25, -0.2) is 4.79 Å². The van der Waals surface area contributed by atoms with Crippen LogP contribution in [0.2, 0.25) is 0 Å². The van der Waals surface area contributed by atoms with Crippen LogP contribution >= 0.6 is 7.37 Å². The molecule has 0 aliphatic carbocycles. The molecule has 0 saturated heterocycles. The predicted octanol–water partition coefficient (Wildman–Crippen LogP) is -0.232. The van der Waals surface area contributed by atoms with Gasteiger partial charge >= 0.3 is 5.97 Å². The molecule has 0 heterocycles. The molecule has 0 spiro atoms. The van der Waals surface area contributed by atoms with Crippen LogP contribution in [0.4, 0.5) is 0 Å². The summed E-state index contributed by atoms with van der Waals surface area (Å²) in [4.78, 5) is 47.2. The summed E-state index contributed by atoms with van der Waals surface area (Å²) in [6.45, 7) is 2.97. The topological polar surface area (TPSA) is 199 Å². The van der Waals surface area contributed by atoms with Gasteiger partial charge in [0.2, 0.25) is 13.3 Å². The Kier molecular flexibility index (Phi) is 9.33. The molecule has 0 bridgehead atoms. The number of hydrogen-bond donors (Lipinski definition) is 6. The van der Waals surface area contributed by atoms with Crippen molar-refractivity contribution in [2.24, 2.45) is 17.2 Å². The summed E-state index contributed by atoms with van der Waals surface area (Å²) < 4.78 is 12.1. The highest BCUT2D eigenvalue weighted by molar-refractivity contribution is 7.58. The second kappa shape index (κ2) is 10.8. The van der Waals surface area contributed by atoms with Crippen LogP contribution in [0.25, 0.3) is 0 Å². The Morgan fingerprint density at radius 1 is 1.20 bits per heavy atom. The van der Waals surface area contributed by atoms with Gasteiger partial charge in [0, 0.05) is 0 Å². The third-order valence-electron chi connectivity index (χ3n) is 4.81. The molecule has 5 atom stereocenters. The summed E-state index contributed by atoms with van der Waals surface area (Å²) in [5, 5.41) is 11.5. The number of ketones is 1. The fourth-order valence-corrected chi connectivity index (χ4v) is 4.04. The molecule has 3 unspecified atom stereocenters. The van der Waals surface area contributed by atoms with E-state index >= 15 is 0 Å². The molecule has 9 N–H and O–H groups in total. The minimum atomic E-state index is -4.06.